The van der Waals surface area contributed by atoms with E-state index in [1.54, 1.807) is 24.3 Å². The molecule has 0 unspecified atom stereocenters. The van der Waals surface area contributed by atoms with Gasteiger partial charge < -0.3 is 15.3 Å². The predicted octanol–water partition coefficient (Wildman–Crippen LogP) is 7.32. The van der Waals surface area contributed by atoms with Crippen molar-refractivity contribution in [2.45, 2.75) is 5.92 Å². The molecule has 166 valence electrons. The van der Waals surface area contributed by atoms with Gasteiger partial charge in [0, 0.05) is 17.0 Å². The van der Waals surface area contributed by atoms with Crippen molar-refractivity contribution in [1.29, 1.82) is 0 Å². The number of aromatic hydroxyl groups is 3. The summed E-state index contributed by atoms with van der Waals surface area (Å²) in [4.78, 5) is 0. The third kappa shape index (κ3) is 4.24. The average Bonchev–Trinajstić information content (AvgIpc) is 2.88. The van der Waals surface area contributed by atoms with E-state index in [1.165, 1.54) is 0 Å². The lowest BCUT2D eigenvalue weighted by molar-refractivity contribution is 0.475. The summed E-state index contributed by atoms with van der Waals surface area (Å²) >= 11 is 0. The monoisotopic (exact) mass is 444 g/mol. The fourth-order valence-corrected chi connectivity index (χ4v) is 4.41. The van der Waals surface area contributed by atoms with Crippen LogP contribution in [0, 0.1) is 0 Å². The fourth-order valence-electron chi connectivity index (χ4n) is 4.41. The lowest BCUT2D eigenvalue weighted by atomic mass is 9.82. The zero-order chi connectivity index (χ0) is 23.5. The summed E-state index contributed by atoms with van der Waals surface area (Å²) in [5, 5.41) is 31.1. The number of benzene rings is 5. The maximum Gasteiger partial charge on any atom is 0.123 e. The Balaban J connectivity index is 1.69. The Bertz CT molecular complexity index is 1320. The van der Waals surface area contributed by atoms with E-state index in [2.05, 4.69) is 0 Å². The molecule has 0 aliphatic heterocycles. The minimum Gasteiger partial charge on any atom is -0.508 e. The van der Waals surface area contributed by atoms with Crippen LogP contribution in [0.4, 0.5) is 0 Å². The topological polar surface area (TPSA) is 60.7 Å². The summed E-state index contributed by atoms with van der Waals surface area (Å²) in [5.41, 5.74) is 6.35. The first kappa shape index (κ1) is 21.4. The van der Waals surface area contributed by atoms with E-state index in [-0.39, 0.29) is 23.2 Å². The van der Waals surface area contributed by atoms with E-state index in [4.69, 9.17) is 0 Å². The van der Waals surface area contributed by atoms with E-state index < -0.39 is 0 Å². The van der Waals surface area contributed by atoms with Gasteiger partial charge in [-0.3, -0.25) is 0 Å². The summed E-state index contributed by atoms with van der Waals surface area (Å²) in [7, 11) is 0. The Morgan fingerprint density at radius 1 is 0.412 bits per heavy atom. The number of phenols is 3. The molecule has 0 saturated carbocycles. The summed E-state index contributed by atoms with van der Waals surface area (Å²) in [6, 6.07) is 38.1. The normalized spacial score (nSPS) is 11.0. The summed E-state index contributed by atoms with van der Waals surface area (Å²) < 4.78 is 0. The van der Waals surface area contributed by atoms with Crippen LogP contribution < -0.4 is 0 Å². The Labute approximate surface area is 198 Å². The van der Waals surface area contributed by atoms with Crippen molar-refractivity contribution >= 4 is 0 Å². The molecular formula is C31H24O3. The Morgan fingerprint density at radius 2 is 0.824 bits per heavy atom. The van der Waals surface area contributed by atoms with Gasteiger partial charge in [0.2, 0.25) is 0 Å². The molecular weight excluding hydrogens is 420 g/mol. The van der Waals surface area contributed by atoms with Crippen LogP contribution in [0.2, 0.25) is 0 Å². The van der Waals surface area contributed by atoms with Crippen molar-refractivity contribution in [2.24, 2.45) is 0 Å². The standard InChI is InChI=1S/C31H24O3/c32-26-15-11-23(12-16-26)31(24-13-17-29(33)27(19-24)21-7-3-1-4-8-21)25-14-18-30(34)28(20-25)22-9-5-2-6-10-22/h1-20,31-34H. The SMILES string of the molecule is Oc1ccc(C(c2ccc(O)c(-c3ccccc3)c2)c2ccc(O)c(-c3ccccc3)c2)cc1. The van der Waals surface area contributed by atoms with E-state index in [0.29, 0.717) is 0 Å². The van der Waals surface area contributed by atoms with Crippen LogP contribution in [-0.4, -0.2) is 15.3 Å². The van der Waals surface area contributed by atoms with Gasteiger partial charge in [-0.25, -0.2) is 0 Å². The van der Waals surface area contributed by atoms with Crippen LogP contribution in [0.5, 0.6) is 17.2 Å². The molecule has 34 heavy (non-hydrogen) atoms. The molecule has 0 saturated heterocycles. The molecule has 0 heterocycles. The molecule has 0 spiro atoms. The number of hydrogen-bond acceptors (Lipinski definition) is 3. The molecule has 0 bridgehead atoms. The maximum atomic E-state index is 10.6. The van der Waals surface area contributed by atoms with Gasteiger partial charge in [-0.05, 0) is 64.2 Å². The van der Waals surface area contributed by atoms with Crippen LogP contribution in [0.3, 0.4) is 0 Å². The molecule has 0 amide bonds. The van der Waals surface area contributed by atoms with Crippen molar-refractivity contribution in [2.75, 3.05) is 0 Å². The van der Waals surface area contributed by atoms with Gasteiger partial charge in [0.15, 0.2) is 0 Å². The van der Waals surface area contributed by atoms with Gasteiger partial charge in [0.05, 0.1) is 0 Å². The van der Waals surface area contributed by atoms with Gasteiger partial charge in [-0.1, -0.05) is 84.9 Å². The lowest BCUT2D eigenvalue weighted by Crippen LogP contribution is -2.04. The van der Waals surface area contributed by atoms with E-state index in [0.717, 1.165) is 38.9 Å². The van der Waals surface area contributed by atoms with E-state index in [1.807, 2.05) is 97.1 Å². The van der Waals surface area contributed by atoms with Gasteiger partial charge in [-0.15, -0.1) is 0 Å². The molecule has 0 aliphatic carbocycles. The second-order valence-corrected chi connectivity index (χ2v) is 8.31. The maximum absolute atomic E-state index is 10.6. The summed E-state index contributed by atoms with van der Waals surface area (Å²) in [6.07, 6.45) is 0. The van der Waals surface area contributed by atoms with Crippen LogP contribution in [-0.2, 0) is 0 Å². The zero-order valence-electron chi connectivity index (χ0n) is 18.5. The summed E-state index contributed by atoms with van der Waals surface area (Å²) in [6.45, 7) is 0. The van der Waals surface area contributed by atoms with Crippen LogP contribution in [0.15, 0.2) is 121 Å². The Kier molecular flexibility index (Phi) is 5.75. The third-order valence-electron chi connectivity index (χ3n) is 6.10. The van der Waals surface area contributed by atoms with Gasteiger partial charge in [0.25, 0.3) is 0 Å². The first-order chi connectivity index (χ1) is 16.6. The molecule has 5 aromatic rings. The largest absolute Gasteiger partial charge is 0.508 e. The van der Waals surface area contributed by atoms with E-state index >= 15 is 0 Å². The molecule has 3 nitrogen and oxygen atoms in total. The molecule has 3 heteroatoms. The second-order valence-electron chi connectivity index (χ2n) is 8.31. The minimum absolute atomic E-state index is 0.174. The van der Waals surface area contributed by atoms with Gasteiger partial charge in [0.1, 0.15) is 17.2 Å². The Morgan fingerprint density at radius 3 is 1.26 bits per heavy atom. The highest BCUT2D eigenvalue weighted by molar-refractivity contribution is 5.73. The molecule has 5 rings (SSSR count). The smallest absolute Gasteiger partial charge is 0.123 e. The van der Waals surface area contributed by atoms with E-state index in [9.17, 15) is 15.3 Å². The molecule has 0 aliphatic rings. The molecule has 5 aromatic carbocycles. The van der Waals surface area contributed by atoms with Crippen molar-refractivity contribution in [3.63, 3.8) is 0 Å². The van der Waals surface area contributed by atoms with Crippen LogP contribution >= 0.6 is 0 Å². The van der Waals surface area contributed by atoms with Crippen molar-refractivity contribution in [1.82, 2.24) is 0 Å². The molecule has 0 radical (unpaired) electrons. The zero-order valence-corrected chi connectivity index (χ0v) is 18.5. The molecule has 0 aromatic heterocycles. The predicted molar refractivity (Wildman–Crippen MR) is 136 cm³/mol. The van der Waals surface area contributed by atoms with Gasteiger partial charge >= 0.3 is 0 Å². The third-order valence-corrected chi connectivity index (χ3v) is 6.10. The number of hydrogen-bond donors (Lipinski definition) is 3. The second kappa shape index (κ2) is 9.16. The van der Waals surface area contributed by atoms with Crippen molar-refractivity contribution in [3.05, 3.63) is 138 Å². The number of rotatable bonds is 5. The fraction of sp³-hybridized carbons (Fsp3) is 0.0323. The molecule has 0 atom stereocenters. The highest BCUT2D eigenvalue weighted by Gasteiger charge is 2.20. The highest BCUT2D eigenvalue weighted by Crippen LogP contribution is 2.40. The van der Waals surface area contributed by atoms with Crippen LogP contribution in [0.25, 0.3) is 22.3 Å². The first-order valence-electron chi connectivity index (χ1n) is 11.2. The van der Waals surface area contributed by atoms with Crippen LogP contribution in [0.1, 0.15) is 22.6 Å². The Hall–Kier alpha value is -4.50. The minimum atomic E-state index is -0.174. The molecule has 0 fully saturated rings. The summed E-state index contributed by atoms with van der Waals surface area (Å²) in [5.74, 6) is 0.464. The quantitative estimate of drug-likeness (QED) is 0.249. The molecule has 3 N–H and O–H groups in total. The lowest BCUT2D eigenvalue weighted by Gasteiger charge is -2.21. The highest BCUT2D eigenvalue weighted by atomic mass is 16.3. The van der Waals surface area contributed by atoms with Gasteiger partial charge in [-0.2, -0.15) is 0 Å². The van der Waals surface area contributed by atoms with Crippen molar-refractivity contribution in [3.8, 4) is 39.5 Å². The van der Waals surface area contributed by atoms with Crippen molar-refractivity contribution < 1.29 is 15.3 Å². The number of phenolic OH excluding ortho intramolecular Hbond substituents is 3. The average molecular weight is 445 g/mol. The first-order valence-corrected chi connectivity index (χ1v) is 11.2.